The van der Waals surface area contributed by atoms with Crippen LogP contribution in [0.2, 0.25) is 0 Å². The topological polar surface area (TPSA) is 55.4 Å². The van der Waals surface area contributed by atoms with Gasteiger partial charge < -0.3 is 10.1 Å². The molecule has 0 fully saturated rings. The number of benzene rings is 1. The number of thiophene rings is 1. The molecule has 0 unspecified atom stereocenters. The molecule has 4 nitrogen and oxygen atoms in total. The van der Waals surface area contributed by atoms with Crippen molar-refractivity contribution < 1.29 is 14.3 Å². The standard InChI is InChI=1S/C13H6Br3NO3S/c14-7-3-8-9(20-4-11(18)17-8)1-5(7)12(19)6-2-10(15)21-13(6)16/h1-3H,4H2,(H,17,18). The molecule has 0 saturated carbocycles. The summed E-state index contributed by atoms with van der Waals surface area (Å²) in [5.74, 6) is 0.156. The van der Waals surface area contributed by atoms with Gasteiger partial charge in [0.25, 0.3) is 5.91 Å². The fourth-order valence-corrected chi connectivity index (χ4v) is 5.23. The number of hydrogen-bond acceptors (Lipinski definition) is 4. The number of halogens is 3. The number of anilines is 1. The minimum absolute atomic E-state index is 0.0457. The summed E-state index contributed by atoms with van der Waals surface area (Å²) in [7, 11) is 0. The number of carbonyl (C=O) groups excluding carboxylic acids is 2. The fourth-order valence-electron chi connectivity index (χ4n) is 1.91. The summed E-state index contributed by atoms with van der Waals surface area (Å²) >= 11 is 11.6. The molecule has 1 aliphatic rings. The highest BCUT2D eigenvalue weighted by atomic mass is 79.9. The van der Waals surface area contributed by atoms with E-state index in [0.29, 0.717) is 27.0 Å². The van der Waals surface area contributed by atoms with Crippen LogP contribution in [-0.4, -0.2) is 18.3 Å². The van der Waals surface area contributed by atoms with Crippen LogP contribution in [0.4, 0.5) is 5.69 Å². The maximum Gasteiger partial charge on any atom is 0.262 e. The molecule has 21 heavy (non-hydrogen) atoms. The Morgan fingerprint density at radius 2 is 1.95 bits per heavy atom. The van der Waals surface area contributed by atoms with E-state index in [2.05, 4.69) is 53.1 Å². The minimum atomic E-state index is -0.210. The minimum Gasteiger partial charge on any atom is -0.482 e. The van der Waals surface area contributed by atoms with Crippen molar-refractivity contribution >= 4 is 76.5 Å². The highest BCUT2D eigenvalue weighted by molar-refractivity contribution is 9.12. The Morgan fingerprint density at radius 1 is 1.19 bits per heavy atom. The largest absolute Gasteiger partial charge is 0.482 e. The van der Waals surface area contributed by atoms with Gasteiger partial charge in [0.15, 0.2) is 12.4 Å². The Kier molecular flexibility index (Phi) is 4.22. The molecule has 0 spiro atoms. The Bertz CT molecular complexity index is 772. The highest BCUT2D eigenvalue weighted by Gasteiger charge is 2.23. The first-order chi connectivity index (χ1) is 9.95. The van der Waals surface area contributed by atoms with Crippen LogP contribution < -0.4 is 10.1 Å². The van der Waals surface area contributed by atoms with E-state index in [0.717, 1.165) is 7.57 Å². The number of ketones is 1. The zero-order chi connectivity index (χ0) is 15.1. The summed E-state index contributed by atoms with van der Waals surface area (Å²) in [6, 6.07) is 5.08. The summed E-state index contributed by atoms with van der Waals surface area (Å²) in [6.07, 6.45) is 0. The molecule has 108 valence electrons. The Morgan fingerprint density at radius 3 is 2.62 bits per heavy atom. The number of fused-ring (bicyclic) bond motifs is 1. The fraction of sp³-hybridized carbons (Fsp3) is 0.0769. The predicted molar refractivity (Wildman–Crippen MR) is 91.4 cm³/mol. The van der Waals surface area contributed by atoms with E-state index in [9.17, 15) is 9.59 Å². The molecule has 0 aliphatic carbocycles. The summed E-state index contributed by atoms with van der Waals surface area (Å²) in [5.41, 5.74) is 1.61. The molecule has 0 radical (unpaired) electrons. The molecule has 0 atom stereocenters. The van der Waals surface area contributed by atoms with Crippen LogP contribution in [0, 0.1) is 0 Å². The lowest BCUT2D eigenvalue weighted by Gasteiger charge is -2.19. The second-order valence-electron chi connectivity index (χ2n) is 4.23. The monoisotopic (exact) mass is 493 g/mol. The molecule has 2 aromatic rings. The summed E-state index contributed by atoms with van der Waals surface area (Å²) < 4.78 is 7.59. The van der Waals surface area contributed by atoms with Gasteiger partial charge in [0.2, 0.25) is 0 Å². The SMILES string of the molecule is O=C1COc2cc(C(=O)c3cc(Br)sc3Br)c(Br)cc2N1. The quantitative estimate of drug-likeness (QED) is 0.620. The third kappa shape index (κ3) is 2.94. The zero-order valence-corrected chi connectivity index (χ0v) is 15.8. The number of amides is 1. The molecular formula is C13H6Br3NO3S. The first-order valence-electron chi connectivity index (χ1n) is 5.71. The molecule has 3 rings (SSSR count). The van der Waals surface area contributed by atoms with Gasteiger partial charge in [-0.25, -0.2) is 0 Å². The maximum absolute atomic E-state index is 12.6. The van der Waals surface area contributed by atoms with Gasteiger partial charge in [-0.2, -0.15) is 0 Å². The van der Waals surface area contributed by atoms with E-state index >= 15 is 0 Å². The molecule has 2 heterocycles. The van der Waals surface area contributed by atoms with Crippen LogP contribution in [-0.2, 0) is 4.79 Å². The molecule has 1 amide bonds. The number of nitrogens with one attached hydrogen (secondary N) is 1. The lowest BCUT2D eigenvalue weighted by Crippen LogP contribution is -2.25. The molecule has 1 aliphatic heterocycles. The van der Waals surface area contributed by atoms with Gasteiger partial charge in [-0.3, -0.25) is 9.59 Å². The van der Waals surface area contributed by atoms with Gasteiger partial charge in [0, 0.05) is 15.6 Å². The molecule has 8 heteroatoms. The third-order valence-corrected chi connectivity index (χ3v) is 5.84. The van der Waals surface area contributed by atoms with Crippen LogP contribution in [0.25, 0.3) is 0 Å². The smallest absolute Gasteiger partial charge is 0.262 e. The van der Waals surface area contributed by atoms with Crippen molar-refractivity contribution in [2.24, 2.45) is 0 Å². The van der Waals surface area contributed by atoms with E-state index in [1.807, 2.05) is 0 Å². The summed E-state index contributed by atoms with van der Waals surface area (Å²) in [6.45, 7) is -0.0457. The van der Waals surface area contributed by atoms with Crippen molar-refractivity contribution in [1.82, 2.24) is 0 Å². The molecule has 1 N–H and O–H groups in total. The molecular weight excluding hydrogens is 490 g/mol. The first kappa shape index (κ1) is 15.2. The lowest BCUT2D eigenvalue weighted by atomic mass is 10.0. The highest BCUT2D eigenvalue weighted by Crippen LogP contribution is 2.38. The van der Waals surface area contributed by atoms with Crippen LogP contribution in [0.3, 0.4) is 0 Å². The molecule has 0 bridgehead atoms. The van der Waals surface area contributed by atoms with Gasteiger partial charge in [-0.1, -0.05) is 0 Å². The second-order valence-corrected chi connectivity index (χ2v) is 8.84. The third-order valence-electron chi connectivity index (χ3n) is 2.85. The Balaban J connectivity index is 2.05. The van der Waals surface area contributed by atoms with Gasteiger partial charge in [-0.05, 0) is 66.0 Å². The van der Waals surface area contributed by atoms with Gasteiger partial charge in [0.05, 0.1) is 13.3 Å². The Hall–Kier alpha value is -0.700. The Labute approximate surface area is 149 Å². The first-order valence-corrected chi connectivity index (χ1v) is 8.91. The maximum atomic E-state index is 12.6. The van der Waals surface area contributed by atoms with Crippen molar-refractivity contribution in [1.29, 1.82) is 0 Å². The summed E-state index contributed by atoms with van der Waals surface area (Å²) in [5, 5.41) is 2.70. The normalized spacial score (nSPS) is 13.4. The van der Waals surface area contributed by atoms with E-state index in [-0.39, 0.29) is 18.3 Å². The average Bonchev–Trinajstić information content (AvgIpc) is 2.76. The number of hydrogen-bond donors (Lipinski definition) is 1. The van der Waals surface area contributed by atoms with Crippen LogP contribution >= 0.6 is 59.1 Å². The molecule has 0 saturated heterocycles. The van der Waals surface area contributed by atoms with Crippen LogP contribution in [0.1, 0.15) is 15.9 Å². The average molecular weight is 496 g/mol. The van der Waals surface area contributed by atoms with Crippen LogP contribution in [0.15, 0.2) is 30.2 Å². The zero-order valence-electron chi connectivity index (χ0n) is 10.2. The lowest BCUT2D eigenvalue weighted by molar-refractivity contribution is -0.118. The van der Waals surface area contributed by atoms with Crippen LogP contribution in [0.5, 0.6) is 5.75 Å². The number of carbonyl (C=O) groups is 2. The number of rotatable bonds is 2. The van der Waals surface area contributed by atoms with Crippen molar-refractivity contribution in [3.8, 4) is 5.75 Å². The predicted octanol–water partition coefficient (Wildman–Crippen LogP) is 4.60. The van der Waals surface area contributed by atoms with E-state index < -0.39 is 0 Å². The van der Waals surface area contributed by atoms with Crippen molar-refractivity contribution in [2.45, 2.75) is 0 Å². The van der Waals surface area contributed by atoms with Gasteiger partial charge in [0.1, 0.15) is 5.75 Å². The van der Waals surface area contributed by atoms with Crippen molar-refractivity contribution in [2.75, 3.05) is 11.9 Å². The van der Waals surface area contributed by atoms with E-state index in [4.69, 9.17) is 4.74 Å². The molecule has 1 aromatic carbocycles. The summed E-state index contributed by atoms with van der Waals surface area (Å²) in [4.78, 5) is 23.9. The van der Waals surface area contributed by atoms with E-state index in [1.165, 1.54) is 11.3 Å². The molecule has 1 aromatic heterocycles. The van der Waals surface area contributed by atoms with E-state index in [1.54, 1.807) is 18.2 Å². The van der Waals surface area contributed by atoms with Gasteiger partial charge in [-0.15, -0.1) is 11.3 Å². The van der Waals surface area contributed by atoms with Crippen molar-refractivity contribution in [3.63, 3.8) is 0 Å². The second kappa shape index (κ2) is 5.83. The number of ether oxygens (including phenoxy) is 1. The van der Waals surface area contributed by atoms with Gasteiger partial charge >= 0.3 is 0 Å². The van der Waals surface area contributed by atoms with Crippen molar-refractivity contribution in [3.05, 3.63) is 41.4 Å².